The number of nitrogens with zero attached hydrogens (tertiary/aromatic N) is 2. The Balaban J connectivity index is 1.98. The lowest BCUT2D eigenvalue weighted by Crippen LogP contribution is -2.27. The molecule has 0 atom stereocenters. The molecule has 1 amide bonds. The number of para-hydroxylation sites is 1. The summed E-state index contributed by atoms with van der Waals surface area (Å²) in [5, 5.41) is 3.03. The van der Waals surface area contributed by atoms with Crippen molar-refractivity contribution >= 4 is 11.6 Å². The number of aryl methyl sites for hydroxylation is 4. The van der Waals surface area contributed by atoms with Gasteiger partial charge in [-0.2, -0.15) is 0 Å². The molecule has 0 radical (unpaired) electrons. The average molecular weight is 438 g/mol. The monoisotopic (exact) mass is 437 g/mol. The molecule has 0 saturated carbocycles. The van der Waals surface area contributed by atoms with Gasteiger partial charge in [0.1, 0.15) is 5.56 Å². The highest BCUT2D eigenvalue weighted by Gasteiger charge is 2.23. The third-order valence-electron chi connectivity index (χ3n) is 5.80. The van der Waals surface area contributed by atoms with E-state index in [1.54, 1.807) is 18.5 Å². The van der Waals surface area contributed by atoms with Gasteiger partial charge in [0.25, 0.3) is 5.91 Å². The van der Waals surface area contributed by atoms with Crippen LogP contribution in [0.4, 0.5) is 5.69 Å². The minimum atomic E-state index is -0.427. The van der Waals surface area contributed by atoms with E-state index in [1.165, 1.54) is 6.07 Å². The molecule has 2 aromatic heterocycles. The second-order valence-electron chi connectivity index (χ2n) is 8.21. The largest absolute Gasteiger partial charge is 0.321 e. The zero-order valence-electron chi connectivity index (χ0n) is 19.3. The van der Waals surface area contributed by atoms with Crippen LogP contribution in [0.1, 0.15) is 39.7 Å². The van der Waals surface area contributed by atoms with E-state index in [1.807, 2.05) is 80.8 Å². The van der Waals surface area contributed by atoms with Crippen molar-refractivity contribution in [3.05, 3.63) is 111 Å². The van der Waals surface area contributed by atoms with E-state index in [2.05, 4.69) is 10.3 Å². The van der Waals surface area contributed by atoms with Gasteiger partial charge in [-0.05, 0) is 68.1 Å². The maximum atomic E-state index is 13.7. The number of nitrogens with one attached hydrogen (secondary N) is 1. The van der Waals surface area contributed by atoms with Crippen molar-refractivity contribution in [3.63, 3.8) is 0 Å². The van der Waals surface area contributed by atoms with Gasteiger partial charge in [0.05, 0.1) is 5.69 Å². The van der Waals surface area contributed by atoms with Crippen molar-refractivity contribution < 1.29 is 4.79 Å². The van der Waals surface area contributed by atoms with Crippen LogP contribution >= 0.6 is 0 Å². The van der Waals surface area contributed by atoms with Crippen molar-refractivity contribution in [2.45, 2.75) is 34.1 Å². The molecule has 1 N–H and O–H groups in total. The van der Waals surface area contributed by atoms with E-state index in [0.717, 1.165) is 40.2 Å². The average Bonchev–Trinajstić information content (AvgIpc) is 2.80. The van der Waals surface area contributed by atoms with Crippen LogP contribution in [0.15, 0.2) is 77.9 Å². The van der Waals surface area contributed by atoms with Crippen LogP contribution in [-0.4, -0.2) is 15.5 Å². The Labute approximate surface area is 193 Å². The van der Waals surface area contributed by atoms with E-state index in [9.17, 15) is 9.59 Å². The number of hydrogen-bond acceptors (Lipinski definition) is 3. The lowest BCUT2D eigenvalue weighted by Gasteiger charge is -2.21. The zero-order chi connectivity index (χ0) is 23.5. The first kappa shape index (κ1) is 22.2. The number of benzene rings is 2. The molecule has 0 saturated heterocycles. The van der Waals surface area contributed by atoms with E-state index in [-0.39, 0.29) is 11.0 Å². The van der Waals surface area contributed by atoms with Crippen LogP contribution in [-0.2, 0) is 6.42 Å². The van der Waals surface area contributed by atoms with Crippen LogP contribution in [0.5, 0.6) is 0 Å². The summed E-state index contributed by atoms with van der Waals surface area (Å²) in [6.07, 6.45) is 4.13. The van der Waals surface area contributed by atoms with Crippen molar-refractivity contribution in [2.75, 3.05) is 5.32 Å². The van der Waals surface area contributed by atoms with Gasteiger partial charge in [-0.25, -0.2) is 0 Å². The van der Waals surface area contributed by atoms with Gasteiger partial charge in [0.15, 0.2) is 5.43 Å². The van der Waals surface area contributed by atoms with E-state index in [4.69, 9.17) is 0 Å². The second kappa shape index (κ2) is 9.25. The zero-order valence-corrected chi connectivity index (χ0v) is 19.3. The molecular weight excluding hydrogens is 410 g/mol. The number of amides is 1. The Morgan fingerprint density at radius 1 is 1.00 bits per heavy atom. The molecule has 0 bridgehead atoms. The topological polar surface area (TPSA) is 64.0 Å². The molecule has 2 heterocycles. The van der Waals surface area contributed by atoms with Gasteiger partial charge >= 0.3 is 0 Å². The van der Waals surface area contributed by atoms with Gasteiger partial charge in [-0.3, -0.25) is 14.6 Å². The molecule has 0 fully saturated rings. The van der Waals surface area contributed by atoms with Crippen LogP contribution in [0.25, 0.3) is 16.9 Å². The lowest BCUT2D eigenvalue weighted by molar-refractivity contribution is 0.102. The summed E-state index contributed by atoms with van der Waals surface area (Å²) in [7, 11) is 0. The fraction of sp³-hybridized carbons (Fsp3) is 0.179. The molecule has 0 unspecified atom stereocenters. The molecule has 4 aromatic rings. The van der Waals surface area contributed by atoms with Gasteiger partial charge in [0, 0.05) is 41.1 Å². The van der Waals surface area contributed by atoms with Gasteiger partial charge in [-0.1, -0.05) is 37.3 Å². The first-order chi connectivity index (χ1) is 15.9. The Morgan fingerprint density at radius 3 is 2.48 bits per heavy atom. The van der Waals surface area contributed by atoms with Crippen molar-refractivity contribution in [1.82, 2.24) is 9.55 Å². The standard InChI is InChI=1S/C28H27N3O2/c1-5-21-11-7-10-19(3)26(21)30-28(33)25-24(32)16-20(4)31(23-13-6-9-18(2)15-23)27(25)22-12-8-14-29-17-22/h6-17H,5H2,1-4H3,(H,30,33). The van der Waals surface area contributed by atoms with E-state index >= 15 is 0 Å². The molecule has 4 rings (SSSR count). The maximum absolute atomic E-state index is 13.7. The highest BCUT2D eigenvalue weighted by atomic mass is 16.2. The lowest BCUT2D eigenvalue weighted by atomic mass is 10.0. The molecule has 2 aromatic carbocycles. The molecule has 0 aliphatic heterocycles. The Bertz CT molecular complexity index is 1390. The molecule has 0 aliphatic carbocycles. The van der Waals surface area contributed by atoms with Gasteiger partial charge in [-0.15, -0.1) is 0 Å². The fourth-order valence-electron chi connectivity index (χ4n) is 4.20. The Kier molecular flexibility index (Phi) is 6.22. The molecule has 0 spiro atoms. The predicted octanol–water partition coefficient (Wildman–Crippen LogP) is 5.64. The van der Waals surface area contributed by atoms with Crippen LogP contribution in [0, 0.1) is 20.8 Å². The Hall–Kier alpha value is -3.99. The SMILES string of the molecule is CCc1cccc(C)c1NC(=O)c1c(-c2cccnc2)n(-c2cccc(C)c2)c(C)cc1=O. The van der Waals surface area contributed by atoms with Crippen molar-refractivity contribution in [3.8, 4) is 16.9 Å². The Morgan fingerprint density at radius 2 is 1.79 bits per heavy atom. The second-order valence-corrected chi connectivity index (χ2v) is 8.21. The number of carbonyl (C=O) groups excluding carboxylic acids is 1. The number of rotatable bonds is 5. The third kappa shape index (κ3) is 4.35. The van der Waals surface area contributed by atoms with Crippen LogP contribution < -0.4 is 10.7 Å². The van der Waals surface area contributed by atoms with Crippen LogP contribution in [0.2, 0.25) is 0 Å². The summed E-state index contributed by atoms with van der Waals surface area (Å²) in [4.78, 5) is 31.2. The van der Waals surface area contributed by atoms with Gasteiger partial charge < -0.3 is 9.88 Å². The summed E-state index contributed by atoms with van der Waals surface area (Å²) in [6.45, 7) is 7.89. The molecule has 33 heavy (non-hydrogen) atoms. The maximum Gasteiger partial charge on any atom is 0.261 e. The normalized spacial score (nSPS) is 10.8. The number of anilines is 1. The molecule has 5 heteroatoms. The molecule has 0 aliphatic rings. The van der Waals surface area contributed by atoms with E-state index < -0.39 is 5.91 Å². The minimum absolute atomic E-state index is 0.0976. The molecule has 166 valence electrons. The molecule has 5 nitrogen and oxygen atoms in total. The summed E-state index contributed by atoms with van der Waals surface area (Å²) < 4.78 is 1.96. The quantitative estimate of drug-likeness (QED) is 0.439. The first-order valence-electron chi connectivity index (χ1n) is 11.0. The predicted molar refractivity (Wildman–Crippen MR) is 133 cm³/mol. The smallest absolute Gasteiger partial charge is 0.261 e. The van der Waals surface area contributed by atoms with Crippen molar-refractivity contribution in [1.29, 1.82) is 0 Å². The minimum Gasteiger partial charge on any atom is -0.321 e. The highest BCUT2D eigenvalue weighted by molar-refractivity contribution is 6.09. The third-order valence-corrected chi connectivity index (χ3v) is 5.80. The summed E-state index contributed by atoms with van der Waals surface area (Å²) in [5.41, 5.74) is 6.45. The van der Waals surface area contributed by atoms with Crippen LogP contribution in [0.3, 0.4) is 0 Å². The van der Waals surface area contributed by atoms with E-state index in [0.29, 0.717) is 11.3 Å². The number of aromatic nitrogens is 2. The highest BCUT2D eigenvalue weighted by Crippen LogP contribution is 2.28. The van der Waals surface area contributed by atoms with Crippen molar-refractivity contribution in [2.24, 2.45) is 0 Å². The number of carbonyl (C=O) groups is 1. The summed E-state index contributed by atoms with van der Waals surface area (Å²) in [5.74, 6) is -0.427. The summed E-state index contributed by atoms with van der Waals surface area (Å²) >= 11 is 0. The fourth-order valence-corrected chi connectivity index (χ4v) is 4.20. The number of pyridine rings is 2. The first-order valence-corrected chi connectivity index (χ1v) is 11.0. The molecular formula is C28H27N3O2. The number of hydrogen-bond donors (Lipinski definition) is 1. The van der Waals surface area contributed by atoms with Gasteiger partial charge in [0.2, 0.25) is 0 Å². The summed E-state index contributed by atoms with van der Waals surface area (Å²) in [6, 6.07) is 19.1.